The van der Waals surface area contributed by atoms with Crippen LogP contribution in [0.1, 0.15) is 34.0 Å². The van der Waals surface area contributed by atoms with Crippen molar-refractivity contribution in [1.29, 1.82) is 0 Å². The van der Waals surface area contributed by atoms with E-state index in [2.05, 4.69) is 0 Å². The van der Waals surface area contributed by atoms with Gasteiger partial charge in [-0.15, -0.1) is 0 Å². The number of nitrogens with zero attached hydrogens (tertiary/aromatic N) is 1. The van der Waals surface area contributed by atoms with Crippen LogP contribution in [0.5, 0.6) is 11.5 Å². The highest BCUT2D eigenvalue weighted by Gasteiger charge is 2.38. The molecule has 1 aliphatic rings. The van der Waals surface area contributed by atoms with Crippen molar-refractivity contribution < 1.29 is 33.0 Å². The molecular weight excluding hydrogens is 468 g/mol. The van der Waals surface area contributed by atoms with Crippen LogP contribution in [-0.4, -0.2) is 47.7 Å². The Morgan fingerprint density at radius 3 is 2.22 bits per heavy atom. The van der Waals surface area contributed by atoms with Gasteiger partial charge in [0.25, 0.3) is 5.91 Å². The fourth-order valence-corrected chi connectivity index (χ4v) is 4.51. The van der Waals surface area contributed by atoms with Crippen molar-refractivity contribution in [2.75, 3.05) is 20.2 Å². The summed E-state index contributed by atoms with van der Waals surface area (Å²) < 4.78 is 38.3. The number of carbonyl (C=O) groups is 2. The van der Waals surface area contributed by atoms with E-state index in [1.807, 2.05) is 6.92 Å². The lowest BCUT2D eigenvalue weighted by molar-refractivity contribution is -0.137. The molecule has 1 heterocycles. The molecule has 4 rings (SSSR count). The highest BCUT2D eigenvalue weighted by Crippen LogP contribution is 2.44. The lowest BCUT2D eigenvalue weighted by atomic mass is 9.91. The van der Waals surface area contributed by atoms with Crippen LogP contribution < -0.4 is 9.47 Å². The topological polar surface area (TPSA) is 76.1 Å². The summed E-state index contributed by atoms with van der Waals surface area (Å²) in [5.41, 5.74) is 2.14. The highest BCUT2D eigenvalue weighted by atomic mass is 19.1. The number of carbonyl (C=O) groups excluding carboxylic acids is 1. The zero-order valence-corrected chi connectivity index (χ0v) is 20.1. The molecule has 1 unspecified atom stereocenters. The van der Waals surface area contributed by atoms with Gasteiger partial charge in [0.15, 0.2) is 11.5 Å². The maximum Gasteiger partial charge on any atom is 0.323 e. The van der Waals surface area contributed by atoms with Crippen molar-refractivity contribution in [1.82, 2.24) is 4.90 Å². The average Bonchev–Trinajstić information content (AvgIpc) is 3.18. The zero-order valence-electron chi connectivity index (χ0n) is 20.1. The number of hydrogen-bond donors (Lipinski definition) is 1. The Morgan fingerprint density at radius 2 is 1.64 bits per heavy atom. The first-order valence-corrected chi connectivity index (χ1v) is 11.6. The smallest absolute Gasteiger partial charge is 0.323 e. The van der Waals surface area contributed by atoms with Crippen molar-refractivity contribution in [3.63, 3.8) is 0 Å². The summed E-state index contributed by atoms with van der Waals surface area (Å²) >= 11 is 0. The van der Waals surface area contributed by atoms with E-state index in [-0.39, 0.29) is 18.2 Å². The summed E-state index contributed by atoms with van der Waals surface area (Å²) in [7, 11) is 1.48. The second kappa shape index (κ2) is 10.4. The molecule has 6 nitrogen and oxygen atoms in total. The predicted molar refractivity (Wildman–Crippen MR) is 129 cm³/mol. The number of benzene rings is 3. The normalized spacial score (nSPS) is 16.2. The van der Waals surface area contributed by atoms with Gasteiger partial charge in [0.1, 0.15) is 23.8 Å². The molecular formula is C28H27F2NO5. The summed E-state index contributed by atoms with van der Waals surface area (Å²) in [5.74, 6) is -1.34. The van der Waals surface area contributed by atoms with Gasteiger partial charge in [-0.1, -0.05) is 24.3 Å². The zero-order chi connectivity index (χ0) is 25.9. The van der Waals surface area contributed by atoms with Gasteiger partial charge in [-0.3, -0.25) is 9.59 Å². The molecule has 8 heteroatoms. The van der Waals surface area contributed by atoms with Crippen LogP contribution >= 0.6 is 0 Å². The number of methoxy groups -OCH3 is 1. The van der Waals surface area contributed by atoms with Crippen LogP contribution in [0.25, 0.3) is 0 Å². The Morgan fingerprint density at radius 1 is 1.03 bits per heavy atom. The van der Waals surface area contributed by atoms with E-state index >= 15 is 0 Å². The SMILES string of the molecule is COc1cc(C(=O)N(CCc2ccc(F)cc2)CC(=O)O)cc2c1OC(C)(Cc1ccc(F)cc1)C2. The van der Waals surface area contributed by atoms with E-state index in [4.69, 9.17) is 9.47 Å². The van der Waals surface area contributed by atoms with Crippen LogP contribution in [0, 0.1) is 11.6 Å². The Bertz CT molecular complexity index is 1260. The number of aliphatic carboxylic acids is 1. The van der Waals surface area contributed by atoms with E-state index in [0.29, 0.717) is 36.3 Å². The van der Waals surface area contributed by atoms with Crippen molar-refractivity contribution in [2.24, 2.45) is 0 Å². The third-order valence-electron chi connectivity index (χ3n) is 6.20. The first kappa shape index (κ1) is 25.2. The number of carboxylic acid groups (broad SMARTS) is 1. The van der Waals surface area contributed by atoms with Crippen LogP contribution in [-0.2, 0) is 24.1 Å². The van der Waals surface area contributed by atoms with Crippen molar-refractivity contribution in [3.05, 3.63) is 94.6 Å². The third kappa shape index (κ3) is 5.82. The molecule has 1 N–H and O–H groups in total. The molecule has 0 saturated carbocycles. The van der Waals surface area contributed by atoms with Gasteiger partial charge in [-0.2, -0.15) is 0 Å². The number of ether oxygens (including phenoxy) is 2. The van der Waals surface area contributed by atoms with Crippen molar-refractivity contribution in [3.8, 4) is 11.5 Å². The number of halogens is 2. The lowest BCUT2D eigenvalue weighted by Gasteiger charge is -2.24. The molecule has 36 heavy (non-hydrogen) atoms. The molecule has 0 fully saturated rings. The van der Waals surface area contributed by atoms with E-state index < -0.39 is 24.0 Å². The Hall–Kier alpha value is -3.94. The standard InChI is InChI=1S/C28H27F2NO5/c1-28(15-19-5-9-23(30)10-6-19)16-21-13-20(14-24(35-2)26(21)36-28)27(34)31(17-25(32)33)12-11-18-3-7-22(29)8-4-18/h3-10,13-14H,11-12,15-17H2,1-2H3,(H,32,33). The Labute approximate surface area is 208 Å². The molecule has 3 aromatic carbocycles. The molecule has 0 radical (unpaired) electrons. The lowest BCUT2D eigenvalue weighted by Crippen LogP contribution is -2.37. The number of amides is 1. The van der Waals surface area contributed by atoms with Gasteiger partial charge < -0.3 is 19.5 Å². The van der Waals surface area contributed by atoms with Crippen LogP contribution in [0.4, 0.5) is 8.78 Å². The number of carboxylic acids is 1. The Kier molecular flexibility index (Phi) is 7.24. The molecule has 0 aliphatic carbocycles. The van der Waals surface area contributed by atoms with E-state index in [1.165, 1.54) is 36.3 Å². The third-order valence-corrected chi connectivity index (χ3v) is 6.20. The van der Waals surface area contributed by atoms with Gasteiger partial charge >= 0.3 is 5.97 Å². The summed E-state index contributed by atoms with van der Waals surface area (Å²) in [4.78, 5) is 26.1. The monoisotopic (exact) mass is 495 g/mol. The van der Waals surface area contributed by atoms with Gasteiger partial charge in [0.05, 0.1) is 7.11 Å². The van der Waals surface area contributed by atoms with Gasteiger partial charge in [-0.25, -0.2) is 8.78 Å². The van der Waals surface area contributed by atoms with E-state index in [0.717, 1.165) is 16.7 Å². The maximum atomic E-state index is 13.4. The van der Waals surface area contributed by atoms with Crippen molar-refractivity contribution in [2.45, 2.75) is 31.8 Å². The van der Waals surface area contributed by atoms with Gasteiger partial charge in [0, 0.05) is 30.5 Å². The summed E-state index contributed by atoms with van der Waals surface area (Å²) in [6.45, 7) is 1.61. The first-order chi connectivity index (χ1) is 17.2. The van der Waals surface area contributed by atoms with E-state index in [9.17, 15) is 23.5 Å². The quantitative estimate of drug-likeness (QED) is 0.467. The molecule has 0 aromatic heterocycles. The number of rotatable bonds is 9. The minimum Gasteiger partial charge on any atom is -0.493 e. The molecule has 1 atom stereocenters. The Balaban J connectivity index is 1.55. The fraction of sp³-hybridized carbons (Fsp3) is 0.286. The summed E-state index contributed by atoms with van der Waals surface area (Å²) in [6, 6.07) is 15.4. The second-order valence-electron chi connectivity index (χ2n) is 9.20. The summed E-state index contributed by atoms with van der Waals surface area (Å²) in [6.07, 6.45) is 1.39. The molecule has 1 aliphatic heterocycles. The molecule has 3 aromatic rings. The van der Waals surface area contributed by atoms with Crippen molar-refractivity contribution >= 4 is 11.9 Å². The average molecular weight is 496 g/mol. The molecule has 1 amide bonds. The predicted octanol–water partition coefficient (Wildman–Crippen LogP) is 4.68. The molecule has 0 saturated heterocycles. The number of fused-ring (bicyclic) bond motifs is 1. The minimum atomic E-state index is -1.13. The van der Waals surface area contributed by atoms with Crippen LogP contribution in [0.15, 0.2) is 60.7 Å². The van der Waals surface area contributed by atoms with Gasteiger partial charge in [-0.05, 0) is 60.9 Å². The molecule has 188 valence electrons. The van der Waals surface area contributed by atoms with Gasteiger partial charge in [0.2, 0.25) is 0 Å². The minimum absolute atomic E-state index is 0.148. The first-order valence-electron chi connectivity index (χ1n) is 11.6. The summed E-state index contributed by atoms with van der Waals surface area (Å²) in [5, 5.41) is 9.38. The number of hydrogen-bond acceptors (Lipinski definition) is 4. The molecule has 0 spiro atoms. The molecule has 0 bridgehead atoms. The maximum absolute atomic E-state index is 13.4. The largest absolute Gasteiger partial charge is 0.493 e. The second-order valence-corrected chi connectivity index (χ2v) is 9.20. The fourth-order valence-electron chi connectivity index (χ4n) is 4.51. The van der Waals surface area contributed by atoms with E-state index in [1.54, 1.807) is 36.4 Å². The van der Waals surface area contributed by atoms with Crippen LogP contribution in [0.2, 0.25) is 0 Å². The van der Waals surface area contributed by atoms with Crippen LogP contribution in [0.3, 0.4) is 0 Å². The highest BCUT2D eigenvalue weighted by molar-refractivity contribution is 5.97.